The maximum Gasteiger partial charge on any atom is 0.224 e. The van der Waals surface area contributed by atoms with E-state index in [1.54, 1.807) is 25.1 Å². The molecule has 136 valence electrons. The molecule has 2 aliphatic rings. The van der Waals surface area contributed by atoms with E-state index in [9.17, 15) is 4.79 Å². The lowest BCUT2D eigenvalue weighted by Crippen LogP contribution is -2.36. The first-order chi connectivity index (χ1) is 12.6. The highest BCUT2D eigenvalue weighted by atomic mass is 16.5. The van der Waals surface area contributed by atoms with Crippen LogP contribution in [0.25, 0.3) is 0 Å². The third-order valence-electron chi connectivity index (χ3n) is 5.36. The molecule has 1 fully saturated rings. The van der Waals surface area contributed by atoms with E-state index in [4.69, 9.17) is 9.47 Å². The molecule has 1 N–H and O–H groups in total. The Hall–Kier alpha value is -2.44. The molecule has 6 nitrogen and oxygen atoms in total. The highest BCUT2D eigenvalue weighted by molar-refractivity contribution is 5.97. The molecule has 0 radical (unpaired) electrons. The number of hydrogen-bond donors (Lipinski definition) is 1. The maximum atomic E-state index is 12.4. The van der Waals surface area contributed by atoms with Gasteiger partial charge in [-0.25, -0.2) is 4.98 Å². The van der Waals surface area contributed by atoms with Crippen LogP contribution in [0.1, 0.15) is 30.9 Å². The Morgan fingerprint density at radius 1 is 1.31 bits per heavy atom. The van der Waals surface area contributed by atoms with Crippen LogP contribution in [0.4, 0.5) is 17.2 Å². The van der Waals surface area contributed by atoms with Crippen LogP contribution in [0.2, 0.25) is 0 Å². The van der Waals surface area contributed by atoms with Crippen LogP contribution in [0.15, 0.2) is 36.5 Å². The number of carbonyl (C=O) groups excluding carboxylic acids is 1. The number of anilines is 3. The molecule has 2 aromatic rings. The van der Waals surface area contributed by atoms with Crippen LogP contribution < -0.4 is 10.2 Å². The molecule has 1 saturated heterocycles. The number of fused-ring (bicyclic) bond motifs is 2. The van der Waals surface area contributed by atoms with E-state index in [-0.39, 0.29) is 11.5 Å². The summed E-state index contributed by atoms with van der Waals surface area (Å²) in [6.07, 6.45) is 3.36. The quantitative estimate of drug-likeness (QED) is 0.897. The molecular formula is C20H23N3O3. The van der Waals surface area contributed by atoms with Crippen LogP contribution in [0.5, 0.6) is 0 Å². The van der Waals surface area contributed by atoms with Crippen molar-refractivity contribution >= 4 is 23.1 Å². The van der Waals surface area contributed by atoms with Gasteiger partial charge in [0.2, 0.25) is 5.91 Å². The summed E-state index contributed by atoms with van der Waals surface area (Å²) in [5.74, 6) is 0.790. The highest BCUT2D eigenvalue weighted by Gasteiger charge is 2.35. The molecule has 3 heterocycles. The first-order valence-corrected chi connectivity index (χ1v) is 8.89. The van der Waals surface area contributed by atoms with Crippen molar-refractivity contribution < 1.29 is 14.3 Å². The molecule has 0 atom stereocenters. The Morgan fingerprint density at radius 2 is 2.12 bits per heavy atom. The van der Waals surface area contributed by atoms with Gasteiger partial charge in [0.05, 0.1) is 23.5 Å². The van der Waals surface area contributed by atoms with E-state index in [0.717, 1.165) is 41.2 Å². The molecular weight excluding hydrogens is 330 g/mol. The van der Waals surface area contributed by atoms with Gasteiger partial charge in [-0.2, -0.15) is 0 Å². The summed E-state index contributed by atoms with van der Waals surface area (Å²) in [6.45, 7) is 3.44. The van der Waals surface area contributed by atoms with Crippen LogP contribution in [0, 0.1) is 0 Å². The van der Waals surface area contributed by atoms with Crippen LogP contribution in [-0.2, 0) is 26.4 Å². The number of ether oxygens (including phenoxy) is 2. The largest absolute Gasteiger partial charge is 0.381 e. The number of methoxy groups -OCH3 is 1. The molecule has 0 aliphatic carbocycles. The van der Waals surface area contributed by atoms with Gasteiger partial charge in [0.1, 0.15) is 5.82 Å². The van der Waals surface area contributed by atoms with Crippen molar-refractivity contribution in [3.05, 3.63) is 47.7 Å². The van der Waals surface area contributed by atoms with Crippen molar-refractivity contribution in [1.82, 2.24) is 4.98 Å². The first kappa shape index (κ1) is 17.0. The summed E-state index contributed by atoms with van der Waals surface area (Å²) in [7, 11) is 1.75. The number of pyridine rings is 1. The van der Waals surface area contributed by atoms with E-state index < -0.39 is 0 Å². The zero-order valence-electron chi connectivity index (χ0n) is 15.1. The van der Waals surface area contributed by atoms with Crippen molar-refractivity contribution in [2.24, 2.45) is 0 Å². The van der Waals surface area contributed by atoms with Gasteiger partial charge in [-0.15, -0.1) is 0 Å². The van der Waals surface area contributed by atoms with Gasteiger partial charge in [0.15, 0.2) is 0 Å². The predicted molar refractivity (Wildman–Crippen MR) is 99.6 cm³/mol. The monoisotopic (exact) mass is 353 g/mol. The van der Waals surface area contributed by atoms with Gasteiger partial charge in [0.25, 0.3) is 0 Å². The minimum absolute atomic E-state index is 0.000322. The summed E-state index contributed by atoms with van der Waals surface area (Å²) < 4.78 is 11.4. The molecule has 1 aromatic carbocycles. The van der Waals surface area contributed by atoms with Crippen LogP contribution in [-0.4, -0.2) is 31.2 Å². The van der Waals surface area contributed by atoms with Gasteiger partial charge in [-0.05, 0) is 23.8 Å². The van der Waals surface area contributed by atoms with Gasteiger partial charge in [-0.3, -0.25) is 4.79 Å². The Labute approximate surface area is 153 Å². The number of benzene rings is 1. The Morgan fingerprint density at radius 3 is 2.85 bits per heavy atom. The summed E-state index contributed by atoms with van der Waals surface area (Å²) in [5.41, 5.74) is 3.44. The minimum Gasteiger partial charge on any atom is -0.381 e. The SMILES string of the molecule is COC1(c2ccc3c(c2)N(C(C)=O)Cc2cccnc2N3)CCOCC1. The normalized spacial score (nSPS) is 18.3. The van der Waals surface area contributed by atoms with E-state index >= 15 is 0 Å². The number of hydrogen-bond acceptors (Lipinski definition) is 5. The second-order valence-corrected chi connectivity index (χ2v) is 6.78. The van der Waals surface area contributed by atoms with Crippen molar-refractivity contribution in [3.8, 4) is 0 Å². The molecule has 0 unspecified atom stereocenters. The van der Waals surface area contributed by atoms with Crippen LogP contribution >= 0.6 is 0 Å². The predicted octanol–water partition coefficient (Wildman–Crippen LogP) is 3.34. The van der Waals surface area contributed by atoms with Gasteiger partial charge in [0, 0.05) is 51.8 Å². The molecule has 1 amide bonds. The number of carbonyl (C=O) groups is 1. The van der Waals surface area contributed by atoms with Gasteiger partial charge < -0.3 is 19.7 Å². The summed E-state index contributed by atoms with van der Waals surface area (Å²) >= 11 is 0. The molecule has 0 bridgehead atoms. The van der Waals surface area contributed by atoms with Crippen molar-refractivity contribution in [2.45, 2.75) is 31.9 Å². The van der Waals surface area contributed by atoms with E-state index in [1.807, 2.05) is 18.2 Å². The lowest BCUT2D eigenvalue weighted by Gasteiger charge is -2.37. The molecule has 26 heavy (non-hydrogen) atoms. The molecule has 1 aromatic heterocycles. The minimum atomic E-state index is -0.368. The zero-order valence-corrected chi connectivity index (χ0v) is 15.1. The second kappa shape index (κ2) is 6.70. The fourth-order valence-electron chi connectivity index (χ4n) is 3.80. The lowest BCUT2D eigenvalue weighted by molar-refractivity contribution is -0.116. The number of amides is 1. The third kappa shape index (κ3) is 2.85. The number of aromatic nitrogens is 1. The van der Waals surface area contributed by atoms with E-state index in [2.05, 4.69) is 22.4 Å². The highest BCUT2D eigenvalue weighted by Crippen LogP contribution is 2.41. The number of rotatable bonds is 2. The average Bonchev–Trinajstić information content (AvgIpc) is 2.84. The van der Waals surface area contributed by atoms with Crippen molar-refractivity contribution in [3.63, 3.8) is 0 Å². The Bertz CT molecular complexity index is 831. The topological polar surface area (TPSA) is 63.7 Å². The van der Waals surface area contributed by atoms with Crippen molar-refractivity contribution in [2.75, 3.05) is 30.5 Å². The zero-order chi connectivity index (χ0) is 18.1. The number of nitrogens with zero attached hydrogens (tertiary/aromatic N) is 2. The Balaban J connectivity index is 1.81. The lowest BCUT2D eigenvalue weighted by atomic mass is 9.85. The Kier molecular flexibility index (Phi) is 4.38. The summed E-state index contributed by atoms with van der Waals surface area (Å²) in [5, 5.41) is 3.38. The molecule has 2 aliphatic heterocycles. The van der Waals surface area contributed by atoms with Gasteiger partial charge >= 0.3 is 0 Å². The molecule has 0 saturated carbocycles. The fourth-order valence-corrected chi connectivity index (χ4v) is 3.80. The fraction of sp³-hybridized carbons (Fsp3) is 0.400. The smallest absolute Gasteiger partial charge is 0.224 e. The van der Waals surface area contributed by atoms with Gasteiger partial charge in [-0.1, -0.05) is 12.1 Å². The van der Waals surface area contributed by atoms with Crippen LogP contribution in [0.3, 0.4) is 0 Å². The maximum absolute atomic E-state index is 12.4. The first-order valence-electron chi connectivity index (χ1n) is 8.89. The second-order valence-electron chi connectivity index (χ2n) is 6.78. The summed E-state index contributed by atoms with van der Waals surface area (Å²) in [6, 6.07) is 10.0. The summed E-state index contributed by atoms with van der Waals surface area (Å²) in [4.78, 5) is 18.6. The molecule has 0 spiro atoms. The third-order valence-corrected chi connectivity index (χ3v) is 5.36. The van der Waals surface area contributed by atoms with Crippen molar-refractivity contribution in [1.29, 1.82) is 0 Å². The van der Waals surface area contributed by atoms with E-state index in [1.165, 1.54) is 0 Å². The molecule has 6 heteroatoms. The molecule has 4 rings (SSSR count). The standard InChI is InChI=1S/C20H23N3O3/c1-14(24)23-13-15-4-3-9-21-19(15)22-17-6-5-16(12-18(17)23)20(25-2)7-10-26-11-8-20/h3-6,9,12H,7-8,10-11,13H2,1-2H3,(H,21,22). The van der Waals surface area contributed by atoms with E-state index in [0.29, 0.717) is 19.8 Å². The average molecular weight is 353 g/mol. The number of nitrogens with one attached hydrogen (secondary N) is 1.